The van der Waals surface area contributed by atoms with Gasteiger partial charge in [0.1, 0.15) is 16.3 Å². The Morgan fingerprint density at radius 1 is 1.03 bits per heavy atom. The Kier molecular flexibility index (Phi) is 8.92. The number of hydrogen-bond acceptors (Lipinski definition) is 5. The Morgan fingerprint density at radius 2 is 1.73 bits per heavy atom. The molecule has 0 radical (unpaired) electrons. The molecule has 0 aliphatic rings. The van der Waals surface area contributed by atoms with E-state index in [0.717, 1.165) is 28.2 Å². The molecule has 1 N–H and O–H groups in total. The summed E-state index contributed by atoms with van der Waals surface area (Å²) in [7, 11) is 0. The molecule has 2 aromatic carbocycles. The van der Waals surface area contributed by atoms with Crippen molar-refractivity contribution in [2.24, 2.45) is 0 Å². The summed E-state index contributed by atoms with van der Waals surface area (Å²) in [5, 5.41) is 4.01. The molecule has 0 saturated carbocycles. The highest BCUT2D eigenvalue weighted by molar-refractivity contribution is 7.17. The minimum Gasteiger partial charge on any atom is -0.494 e. The summed E-state index contributed by atoms with van der Waals surface area (Å²) < 4.78 is 11.0. The summed E-state index contributed by atoms with van der Waals surface area (Å²) in [5.74, 6) is 0.161. The number of carbonyl (C=O) groups is 2. The summed E-state index contributed by atoms with van der Waals surface area (Å²) in [6.45, 7) is 6.47. The van der Waals surface area contributed by atoms with Crippen LogP contribution in [0.4, 0.5) is 5.00 Å². The zero-order chi connectivity index (χ0) is 23.8. The van der Waals surface area contributed by atoms with Crippen molar-refractivity contribution in [3.8, 4) is 16.9 Å². The highest BCUT2D eigenvalue weighted by Crippen LogP contribution is 2.40. The van der Waals surface area contributed by atoms with Gasteiger partial charge < -0.3 is 14.8 Å². The zero-order valence-electron chi connectivity index (χ0n) is 19.1. The van der Waals surface area contributed by atoms with Crippen LogP contribution in [-0.2, 0) is 16.0 Å². The molecule has 0 fully saturated rings. The lowest BCUT2D eigenvalue weighted by Crippen LogP contribution is -2.15. The van der Waals surface area contributed by atoms with E-state index in [-0.39, 0.29) is 18.9 Å². The van der Waals surface area contributed by atoms with Gasteiger partial charge in [0.05, 0.1) is 13.2 Å². The van der Waals surface area contributed by atoms with Crippen LogP contribution in [0.5, 0.6) is 5.75 Å². The van der Waals surface area contributed by atoms with Crippen LogP contribution in [0.1, 0.15) is 47.5 Å². The third kappa shape index (κ3) is 6.59. The Bertz CT molecular complexity index is 1090. The Morgan fingerprint density at radius 3 is 2.36 bits per heavy atom. The number of aryl methyl sites for hydroxylation is 2. The molecule has 0 aliphatic carbocycles. The molecule has 5 nitrogen and oxygen atoms in total. The lowest BCUT2D eigenvalue weighted by Gasteiger charge is -2.10. The van der Waals surface area contributed by atoms with Gasteiger partial charge in [-0.2, -0.15) is 0 Å². The minimum atomic E-state index is -0.457. The number of rotatable bonds is 10. The number of anilines is 1. The van der Waals surface area contributed by atoms with Gasteiger partial charge in [-0.25, -0.2) is 4.79 Å². The van der Waals surface area contributed by atoms with Crippen molar-refractivity contribution in [1.29, 1.82) is 0 Å². The summed E-state index contributed by atoms with van der Waals surface area (Å²) in [5.41, 5.74) is 3.23. The van der Waals surface area contributed by atoms with Crippen LogP contribution in [0.15, 0.2) is 48.5 Å². The fraction of sp³-hybridized carbons (Fsp3) is 0.308. The number of carbonyl (C=O) groups excluding carboxylic acids is 2. The second-order valence-corrected chi connectivity index (χ2v) is 9.12. The molecule has 3 aromatic rings. The molecule has 0 bridgehead atoms. The van der Waals surface area contributed by atoms with Crippen molar-refractivity contribution in [2.45, 2.75) is 40.0 Å². The van der Waals surface area contributed by atoms with Gasteiger partial charge in [0.15, 0.2) is 0 Å². The minimum absolute atomic E-state index is 0.172. The molecule has 0 spiro atoms. The molecule has 0 atom stereocenters. The lowest BCUT2D eigenvalue weighted by atomic mass is 10.0. The van der Waals surface area contributed by atoms with Gasteiger partial charge in [-0.05, 0) is 62.1 Å². The molecule has 1 heterocycles. The SMILES string of the molecule is CCOC(=O)c1c(NC(=O)CCCOc2ccc(CC)cc2)sc(C)c1-c1ccc(Cl)cc1. The Balaban J connectivity index is 1.67. The molecule has 1 amide bonds. The maximum absolute atomic E-state index is 12.8. The number of ether oxygens (including phenoxy) is 2. The second-order valence-electron chi connectivity index (χ2n) is 7.46. The molecule has 33 heavy (non-hydrogen) atoms. The highest BCUT2D eigenvalue weighted by atomic mass is 35.5. The Hall–Kier alpha value is -2.83. The first-order valence-corrected chi connectivity index (χ1v) is 12.2. The van der Waals surface area contributed by atoms with E-state index in [2.05, 4.69) is 12.2 Å². The van der Waals surface area contributed by atoms with Gasteiger partial charge in [-0.1, -0.05) is 42.8 Å². The number of thiophene rings is 1. The van der Waals surface area contributed by atoms with Crippen molar-refractivity contribution in [1.82, 2.24) is 0 Å². The fourth-order valence-electron chi connectivity index (χ4n) is 3.43. The largest absolute Gasteiger partial charge is 0.494 e. The van der Waals surface area contributed by atoms with Crippen LogP contribution in [0.25, 0.3) is 11.1 Å². The number of halogens is 1. The molecule has 3 rings (SSSR count). The quantitative estimate of drug-likeness (QED) is 0.250. The van der Waals surface area contributed by atoms with Crippen molar-refractivity contribution in [3.05, 3.63) is 69.6 Å². The van der Waals surface area contributed by atoms with E-state index in [9.17, 15) is 9.59 Å². The molecule has 0 saturated heterocycles. The monoisotopic (exact) mass is 485 g/mol. The standard InChI is InChI=1S/C26H28ClNO4S/c1-4-18-8-14-21(15-9-18)32-16-6-7-22(29)28-25-24(26(30)31-5-2)23(17(3)33-25)19-10-12-20(27)13-11-19/h8-15H,4-7,16H2,1-3H3,(H,28,29). The first kappa shape index (κ1) is 24.8. The smallest absolute Gasteiger partial charge is 0.341 e. The van der Waals surface area contributed by atoms with Crippen LogP contribution in [0.3, 0.4) is 0 Å². The van der Waals surface area contributed by atoms with Crippen LogP contribution in [-0.4, -0.2) is 25.1 Å². The molecule has 174 valence electrons. The third-order valence-electron chi connectivity index (χ3n) is 5.10. The van der Waals surface area contributed by atoms with Gasteiger partial charge in [-0.15, -0.1) is 11.3 Å². The van der Waals surface area contributed by atoms with Crippen molar-refractivity contribution in [2.75, 3.05) is 18.5 Å². The summed E-state index contributed by atoms with van der Waals surface area (Å²) >= 11 is 7.39. The van der Waals surface area contributed by atoms with Gasteiger partial charge in [0.25, 0.3) is 0 Å². The van der Waals surface area contributed by atoms with E-state index < -0.39 is 5.97 Å². The number of nitrogens with one attached hydrogen (secondary N) is 1. The van der Waals surface area contributed by atoms with E-state index in [1.165, 1.54) is 16.9 Å². The van der Waals surface area contributed by atoms with Gasteiger partial charge in [-0.3, -0.25) is 4.79 Å². The lowest BCUT2D eigenvalue weighted by molar-refractivity contribution is -0.116. The van der Waals surface area contributed by atoms with E-state index in [1.807, 2.05) is 43.3 Å². The van der Waals surface area contributed by atoms with E-state index in [4.69, 9.17) is 21.1 Å². The number of esters is 1. The number of benzene rings is 2. The molecule has 0 aliphatic heterocycles. The van der Waals surface area contributed by atoms with Crippen molar-refractivity contribution in [3.63, 3.8) is 0 Å². The molecular formula is C26H28ClNO4S. The second kappa shape index (κ2) is 11.9. The molecule has 7 heteroatoms. The predicted octanol–water partition coefficient (Wildman–Crippen LogP) is 6.91. The summed E-state index contributed by atoms with van der Waals surface area (Å²) in [6, 6.07) is 15.2. The maximum atomic E-state index is 12.8. The van der Waals surface area contributed by atoms with Gasteiger partial charge in [0.2, 0.25) is 5.91 Å². The maximum Gasteiger partial charge on any atom is 0.341 e. The number of amides is 1. The molecular weight excluding hydrogens is 458 g/mol. The van der Waals surface area contributed by atoms with Crippen LogP contribution in [0, 0.1) is 6.92 Å². The van der Waals surface area contributed by atoms with E-state index in [0.29, 0.717) is 28.6 Å². The van der Waals surface area contributed by atoms with Gasteiger partial charge >= 0.3 is 5.97 Å². The molecule has 1 aromatic heterocycles. The third-order valence-corrected chi connectivity index (χ3v) is 6.37. The van der Waals surface area contributed by atoms with Crippen LogP contribution in [0.2, 0.25) is 5.02 Å². The first-order valence-electron chi connectivity index (χ1n) is 11.0. The molecule has 0 unspecified atom stereocenters. The average Bonchev–Trinajstić information content (AvgIpc) is 3.13. The average molecular weight is 486 g/mol. The fourth-order valence-corrected chi connectivity index (χ4v) is 4.63. The Labute approximate surface area is 203 Å². The number of hydrogen-bond donors (Lipinski definition) is 1. The summed E-state index contributed by atoms with van der Waals surface area (Å²) in [4.78, 5) is 26.3. The van der Waals surface area contributed by atoms with Crippen molar-refractivity contribution < 1.29 is 19.1 Å². The predicted molar refractivity (Wildman–Crippen MR) is 135 cm³/mol. The highest BCUT2D eigenvalue weighted by Gasteiger charge is 2.25. The van der Waals surface area contributed by atoms with E-state index >= 15 is 0 Å². The van der Waals surface area contributed by atoms with E-state index in [1.54, 1.807) is 19.1 Å². The van der Waals surface area contributed by atoms with Gasteiger partial charge in [0, 0.05) is 21.9 Å². The summed E-state index contributed by atoms with van der Waals surface area (Å²) in [6.07, 6.45) is 1.82. The van der Waals surface area contributed by atoms with Crippen LogP contribution >= 0.6 is 22.9 Å². The topological polar surface area (TPSA) is 64.6 Å². The van der Waals surface area contributed by atoms with Crippen LogP contribution < -0.4 is 10.1 Å². The zero-order valence-corrected chi connectivity index (χ0v) is 20.6. The first-order chi connectivity index (χ1) is 15.9. The normalized spacial score (nSPS) is 10.7. The van der Waals surface area contributed by atoms with Crippen molar-refractivity contribution >= 4 is 39.8 Å².